The lowest BCUT2D eigenvalue weighted by atomic mass is 10.0. The van der Waals surface area contributed by atoms with Crippen molar-refractivity contribution in [2.75, 3.05) is 6.54 Å². The lowest BCUT2D eigenvalue weighted by Crippen LogP contribution is -2.53. The molecule has 0 unspecified atom stereocenters. The maximum Gasteiger partial charge on any atom is 0.238 e. The number of hydrogen-bond acceptors (Lipinski definition) is 4. The molecule has 3 rings (SSSR count). The molecule has 5 heteroatoms. The van der Waals surface area contributed by atoms with Crippen LogP contribution in [0.15, 0.2) is 54.6 Å². The quantitative estimate of drug-likeness (QED) is 0.821. The summed E-state index contributed by atoms with van der Waals surface area (Å²) in [5.74, 6) is -0.191. The molecule has 0 aliphatic carbocycles. The second-order valence-corrected chi connectivity index (χ2v) is 8.69. The lowest BCUT2D eigenvalue weighted by molar-refractivity contribution is -0.127. The summed E-state index contributed by atoms with van der Waals surface area (Å²) in [4.78, 5) is 14.8. The summed E-state index contributed by atoms with van der Waals surface area (Å²) in [5, 5.41) is 22.5. The van der Waals surface area contributed by atoms with Crippen molar-refractivity contribution in [1.29, 1.82) is 5.26 Å². The molecule has 1 heterocycles. The third-order valence-electron chi connectivity index (χ3n) is 5.42. The van der Waals surface area contributed by atoms with Gasteiger partial charge in [0.05, 0.1) is 18.2 Å². The lowest BCUT2D eigenvalue weighted by Gasteiger charge is -2.36. The number of nitriles is 1. The molecule has 1 aliphatic heterocycles. The normalized spacial score (nSPS) is 20.8. The van der Waals surface area contributed by atoms with Gasteiger partial charge in [0.2, 0.25) is 5.91 Å². The van der Waals surface area contributed by atoms with E-state index in [1.165, 1.54) is 0 Å². The Morgan fingerprint density at radius 3 is 2.38 bits per heavy atom. The van der Waals surface area contributed by atoms with E-state index < -0.39 is 18.2 Å². The van der Waals surface area contributed by atoms with Gasteiger partial charge in [-0.25, -0.2) is 0 Å². The van der Waals surface area contributed by atoms with Gasteiger partial charge < -0.3 is 10.4 Å². The summed E-state index contributed by atoms with van der Waals surface area (Å²) in [7, 11) is 0. The fraction of sp³-hybridized carbons (Fsp3) is 0.417. The van der Waals surface area contributed by atoms with Crippen LogP contribution >= 0.6 is 0 Å². The fourth-order valence-corrected chi connectivity index (χ4v) is 3.90. The number of likely N-dealkylation sites (tertiary alicyclic amines) is 1. The van der Waals surface area contributed by atoms with Crippen molar-refractivity contribution in [2.45, 2.75) is 57.3 Å². The van der Waals surface area contributed by atoms with Gasteiger partial charge in [-0.3, -0.25) is 9.69 Å². The smallest absolute Gasteiger partial charge is 0.238 e. The number of β-amino-alcohol motifs (C(OH)–C–C–N with tert-alkyl or cyclic N) is 1. The number of hydrogen-bond donors (Lipinski definition) is 2. The first-order valence-electron chi connectivity index (χ1n) is 10.1. The minimum atomic E-state index is -0.607. The van der Waals surface area contributed by atoms with Gasteiger partial charge in [-0.15, -0.1) is 0 Å². The second-order valence-electron chi connectivity index (χ2n) is 8.69. The van der Waals surface area contributed by atoms with Crippen LogP contribution in [0.25, 0.3) is 11.1 Å². The standard InChI is InChI=1S/C24H29N3O2/c1-24(2,3)27-16-21(28)14-22(27)23(29)26-20(15-25)13-17-9-11-19(12-10-17)18-7-5-4-6-8-18/h4-12,20-22,28H,13-14,16H2,1-3H3,(H,26,29)/t20-,21+,22-/m0/s1. The molecule has 1 fully saturated rings. The minimum absolute atomic E-state index is 0.191. The zero-order valence-corrected chi connectivity index (χ0v) is 17.3. The molecule has 0 radical (unpaired) electrons. The van der Waals surface area contributed by atoms with Crippen molar-refractivity contribution in [3.63, 3.8) is 0 Å². The molecular weight excluding hydrogens is 362 g/mol. The maximum absolute atomic E-state index is 12.8. The molecule has 0 saturated carbocycles. The number of carbonyl (C=O) groups excluding carboxylic acids is 1. The molecule has 0 spiro atoms. The SMILES string of the molecule is CC(C)(C)N1C[C@H](O)C[C@H]1C(=O)N[C@H](C#N)Cc1ccc(-c2ccccc2)cc1. The Bertz CT molecular complexity index is 866. The average molecular weight is 392 g/mol. The van der Waals surface area contributed by atoms with Gasteiger partial charge in [0.15, 0.2) is 0 Å². The Hall–Kier alpha value is -2.68. The van der Waals surface area contributed by atoms with E-state index >= 15 is 0 Å². The van der Waals surface area contributed by atoms with Crippen LogP contribution in [0.2, 0.25) is 0 Å². The molecule has 0 aromatic heterocycles. The van der Waals surface area contributed by atoms with E-state index in [1.54, 1.807) is 0 Å². The molecule has 3 atom stereocenters. The third kappa shape index (κ3) is 5.23. The minimum Gasteiger partial charge on any atom is -0.392 e. The molecule has 29 heavy (non-hydrogen) atoms. The summed E-state index contributed by atoms with van der Waals surface area (Å²) < 4.78 is 0. The van der Waals surface area contributed by atoms with Gasteiger partial charge in [-0.1, -0.05) is 54.6 Å². The number of carbonyl (C=O) groups is 1. The maximum atomic E-state index is 12.8. The van der Waals surface area contributed by atoms with Gasteiger partial charge in [0.25, 0.3) is 0 Å². The number of nitrogens with zero attached hydrogens (tertiary/aromatic N) is 2. The number of benzene rings is 2. The molecule has 2 aromatic rings. The van der Waals surface area contributed by atoms with Gasteiger partial charge in [0.1, 0.15) is 6.04 Å². The van der Waals surface area contributed by atoms with E-state index in [1.807, 2.05) is 68.1 Å². The number of nitrogens with one attached hydrogen (secondary N) is 1. The highest BCUT2D eigenvalue weighted by Gasteiger charge is 2.41. The van der Waals surface area contributed by atoms with Crippen LogP contribution in [0.1, 0.15) is 32.8 Å². The summed E-state index contributed by atoms with van der Waals surface area (Å²) in [6.07, 6.45) is 0.325. The van der Waals surface area contributed by atoms with E-state index in [0.29, 0.717) is 19.4 Å². The van der Waals surface area contributed by atoms with E-state index in [2.05, 4.69) is 23.5 Å². The first-order chi connectivity index (χ1) is 13.8. The van der Waals surface area contributed by atoms with E-state index in [9.17, 15) is 15.2 Å². The molecule has 2 N–H and O–H groups in total. The summed E-state index contributed by atoms with van der Waals surface area (Å²) in [5.41, 5.74) is 3.03. The van der Waals surface area contributed by atoms with Crippen LogP contribution in [0.3, 0.4) is 0 Å². The molecule has 152 valence electrons. The molecule has 1 aliphatic rings. The highest BCUT2D eigenvalue weighted by molar-refractivity contribution is 5.83. The van der Waals surface area contributed by atoms with Gasteiger partial charge in [0, 0.05) is 18.5 Å². The van der Waals surface area contributed by atoms with E-state index in [0.717, 1.165) is 16.7 Å². The molecule has 0 bridgehead atoms. The van der Waals surface area contributed by atoms with Crippen molar-refractivity contribution in [2.24, 2.45) is 0 Å². The Morgan fingerprint density at radius 2 is 1.79 bits per heavy atom. The molecule has 1 amide bonds. The first-order valence-corrected chi connectivity index (χ1v) is 10.1. The first kappa shape index (κ1) is 21.0. The van der Waals surface area contributed by atoms with Gasteiger partial charge in [-0.05, 0) is 43.9 Å². The van der Waals surface area contributed by atoms with Gasteiger partial charge in [-0.2, -0.15) is 5.26 Å². The topological polar surface area (TPSA) is 76.4 Å². The molecular formula is C24H29N3O2. The average Bonchev–Trinajstić information content (AvgIpc) is 3.11. The Morgan fingerprint density at radius 1 is 1.17 bits per heavy atom. The van der Waals surface area contributed by atoms with Crippen LogP contribution in [0.5, 0.6) is 0 Å². The fourth-order valence-electron chi connectivity index (χ4n) is 3.90. The monoisotopic (exact) mass is 391 g/mol. The molecule has 5 nitrogen and oxygen atoms in total. The predicted molar refractivity (Wildman–Crippen MR) is 114 cm³/mol. The molecule has 2 aromatic carbocycles. The number of rotatable bonds is 5. The van der Waals surface area contributed by atoms with Crippen molar-refractivity contribution in [3.05, 3.63) is 60.2 Å². The third-order valence-corrected chi connectivity index (χ3v) is 5.42. The van der Waals surface area contributed by atoms with Crippen LogP contribution in [0.4, 0.5) is 0 Å². The van der Waals surface area contributed by atoms with Crippen LogP contribution < -0.4 is 5.32 Å². The highest BCUT2D eigenvalue weighted by Crippen LogP contribution is 2.27. The van der Waals surface area contributed by atoms with Crippen LogP contribution in [-0.2, 0) is 11.2 Å². The Kier molecular flexibility index (Phi) is 6.36. The number of aliphatic hydroxyl groups excluding tert-OH is 1. The second kappa shape index (κ2) is 8.77. The van der Waals surface area contributed by atoms with Crippen molar-refractivity contribution in [3.8, 4) is 17.2 Å². The predicted octanol–water partition coefficient (Wildman–Crippen LogP) is 3.14. The Balaban J connectivity index is 1.64. The summed E-state index contributed by atoms with van der Waals surface area (Å²) in [6.45, 7) is 6.56. The number of amides is 1. The van der Waals surface area contributed by atoms with E-state index in [4.69, 9.17) is 0 Å². The molecule has 1 saturated heterocycles. The largest absolute Gasteiger partial charge is 0.392 e. The van der Waals surface area contributed by atoms with Crippen molar-refractivity contribution < 1.29 is 9.90 Å². The summed E-state index contributed by atoms with van der Waals surface area (Å²) >= 11 is 0. The summed E-state index contributed by atoms with van der Waals surface area (Å²) in [6, 6.07) is 19.4. The Labute approximate surface area is 173 Å². The van der Waals surface area contributed by atoms with Gasteiger partial charge >= 0.3 is 0 Å². The zero-order valence-electron chi connectivity index (χ0n) is 17.3. The highest BCUT2D eigenvalue weighted by atomic mass is 16.3. The number of aliphatic hydroxyl groups is 1. The zero-order chi connectivity index (χ0) is 21.0. The van der Waals surface area contributed by atoms with Crippen molar-refractivity contribution in [1.82, 2.24) is 10.2 Å². The van der Waals surface area contributed by atoms with Crippen LogP contribution in [-0.4, -0.2) is 46.2 Å². The van der Waals surface area contributed by atoms with E-state index in [-0.39, 0.29) is 11.4 Å². The van der Waals surface area contributed by atoms with Crippen LogP contribution in [0, 0.1) is 11.3 Å². The van der Waals surface area contributed by atoms with Crippen molar-refractivity contribution >= 4 is 5.91 Å².